The highest BCUT2D eigenvalue weighted by molar-refractivity contribution is 7.16. The van der Waals surface area contributed by atoms with E-state index in [0.717, 1.165) is 21.5 Å². The highest BCUT2D eigenvalue weighted by Crippen LogP contribution is 2.20. The predicted molar refractivity (Wildman–Crippen MR) is 75.6 cm³/mol. The Hall–Kier alpha value is -2.21. The molecule has 0 aliphatic rings. The minimum atomic E-state index is -0.162. The van der Waals surface area contributed by atoms with Crippen LogP contribution < -0.4 is 5.32 Å². The number of anilines is 1. The van der Waals surface area contributed by atoms with Gasteiger partial charge in [0.2, 0.25) is 0 Å². The average Bonchev–Trinajstić information content (AvgIpc) is 2.99. The SMILES string of the molecule is Cc1[nH]nc(NC(=O)c2ccc3ncsc3c2)c1C. The summed E-state index contributed by atoms with van der Waals surface area (Å²) in [7, 11) is 0. The van der Waals surface area contributed by atoms with Gasteiger partial charge in [0, 0.05) is 16.8 Å². The molecule has 19 heavy (non-hydrogen) atoms. The van der Waals surface area contributed by atoms with Gasteiger partial charge in [-0.2, -0.15) is 5.10 Å². The minimum Gasteiger partial charge on any atom is -0.305 e. The number of carbonyl (C=O) groups is 1. The highest BCUT2D eigenvalue weighted by atomic mass is 32.1. The fourth-order valence-corrected chi connectivity index (χ4v) is 2.50. The number of hydrogen-bond acceptors (Lipinski definition) is 4. The highest BCUT2D eigenvalue weighted by Gasteiger charge is 2.12. The van der Waals surface area contributed by atoms with Gasteiger partial charge in [-0.1, -0.05) is 0 Å². The van der Waals surface area contributed by atoms with E-state index in [2.05, 4.69) is 20.5 Å². The van der Waals surface area contributed by atoms with Gasteiger partial charge in [0.15, 0.2) is 5.82 Å². The number of nitrogens with zero attached hydrogens (tertiary/aromatic N) is 2. The van der Waals surface area contributed by atoms with Gasteiger partial charge in [-0.3, -0.25) is 9.89 Å². The molecule has 0 unspecified atom stereocenters. The van der Waals surface area contributed by atoms with Gasteiger partial charge >= 0.3 is 0 Å². The number of aryl methyl sites for hydroxylation is 1. The molecule has 2 aromatic heterocycles. The molecule has 0 saturated heterocycles. The number of aromatic nitrogens is 3. The first kappa shape index (κ1) is 11.9. The number of amides is 1. The molecule has 96 valence electrons. The summed E-state index contributed by atoms with van der Waals surface area (Å²) < 4.78 is 1.00. The van der Waals surface area contributed by atoms with Gasteiger partial charge in [0.05, 0.1) is 15.7 Å². The summed E-state index contributed by atoms with van der Waals surface area (Å²) in [6.45, 7) is 3.84. The topological polar surface area (TPSA) is 70.7 Å². The standard InChI is InChI=1S/C13H12N4OS/c1-7-8(2)16-17-12(7)15-13(18)9-3-4-10-11(5-9)19-6-14-10/h3-6H,1-2H3,(H2,15,16,17,18). The first-order chi connectivity index (χ1) is 9.15. The third-order valence-electron chi connectivity index (χ3n) is 3.08. The fraction of sp³-hybridized carbons (Fsp3) is 0.154. The molecule has 1 amide bonds. The molecule has 0 atom stereocenters. The Kier molecular flexibility index (Phi) is 2.79. The number of nitrogens with one attached hydrogen (secondary N) is 2. The number of rotatable bonds is 2. The first-order valence-electron chi connectivity index (χ1n) is 5.81. The lowest BCUT2D eigenvalue weighted by molar-refractivity contribution is 0.102. The van der Waals surface area contributed by atoms with Crippen LogP contribution in [0, 0.1) is 13.8 Å². The zero-order valence-corrected chi connectivity index (χ0v) is 11.3. The van der Waals surface area contributed by atoms with Crippen molar-refractivity contribution in [3.63, 3.8) is 0 Å². The van der Waals surface area contributed by atoms with E-state index in [1.54, 1.807) is 11.6 Å². The van der Waals surface area contributed by atoms with E-state index in [1.807, 2.05) is 26.0 Å². The summed E-state index contributed by atoms with van der Waals surface area (Å²) in [5.74, 6) is 0.414. The first-order valence-corrected chi connectivity index (χ1v) is 6.69. The van der Waals surface area contributed by atoms with Crippen LogP contribution in [0.2, 0.25) is 0 Å². The quantitative estimate of drug-likeness (QED) is 0.753. The van der Waals surface area contributed by atoms with Crippen molar-refractivity contribution in [2.24, 2.45) is 0 Å². The number of fused-ring (bicyclic) bond motifs is 1. The molecule has 0 bridgehead atoms. The van der Waals surface area contributed by atoms with Gasteiger partial charge in [-0.05, 0) is 32.0 Å². The Morgan fingerprint density at radius 3 is 2.95 bits per heavy atom. The van der Waals surface area contributed by atoms with Crippen LogP contribution in [0.25, 0.3) is 10.2 Å². The molecular weight excluding hydrogens is 260 g/mol. The van der Waals surface area contributed by atoms with Crippen molar-refractivity contribution in [3.05, 3.63) is 40.5 Å². The summed E-state index contributed by atoms with van der Waals surface area (Å²) in [4.78, 5) is 16.4. The summed E-state index contributed by atoms with van der Waals surface area (Å²) in [6, 6.07) is 5.47. The molecule has 2 heterocycles. The maximum atomic E-state index is 12.2. The van der Waals surface area contributed by atoms with Crippen LogP contribution in [0.1, 0.15) is 21.6 Å². The lowest BCUT2D eigenvalue weighted by atomic mass is 10.2. The molecule has 0 saturated carbocycles. The smallest absolute Gasteiger partial charge is 0.256 e. The Bertz CT molecular complexity index is 759. The summed E-state index contributed by atoms with van der Waals surface area (Å²) in [6.07, 6.45) is 0. The molecule has 6 heteroatoms. The largest absolute Gasteiger partial charge is 0.305 e. The van der Waals surface area contributed by atoms with Gasteiger partial charge in [0.25, 0.3) is 5.91 Å². The van der Waals surface area contributed by atoms with E-state index < -0.39 is 0 Å². The number of H-pyrrole nitrogens is 1. The Morgan fingerprint density at radius 2 is 2.21 bits per heavy atom. The third-order valence-corrected chi connectivity index (χ3v) is 3.87. The fourth-order valence-electron chi connectivity index (χ4n) is 1.78. The minimum absolute atomic E-state index is 0.162. The lowest BCUT2D eigenvalue weighted by Crippen LogP contribution is -2.12. The average molecular weight is 272 g/mol. The van der Waals surface area contributed by atoms with Crippen LogP contribution in [0.5, 0.6) is 0 Å². The second-order valence-corrected chi connectivity index (χ2v) is 5.20. The predicted octanol–water partition coefficient (Wildman–Crippen LogP) is 2.89. The summed E-state index contributed by atoms with van der Waals surface area (Å²) in [5.41, 5.74) is 5.19. The van der Waals surface area contributed by atoms with Crippen molar-refractivity contribution in [1.82, 2.24) is 15.2 Å². The van der Waals surface area contributed by atoms with Crippen molar-refractivity contribution in [2.75, 3.05) is 5.32 Å². The van der Waals surface area contributed by atoms with E-state index in [4.69, 9.17) is 0 Å². The second-order valence-electron chi connectivity index (χ2n) is 4.31. The molecule has 2 N–H and O–H groups in total. The molecule has 0 aliphatic carbocycles. The van der Waals surface area contributed by atoms with E-state index in [9.17, 15) is 4.79 Å². The van der Waals surface area contributed by atoms with Crippen molar-refractivity contribution in [1.29, 1.82) is 0 Å². The number of hydrogen-bond donors (Lipinski definition) is 2. The molecular formula is C13H12N4OS. The van der Waals surface area contributed by atoms with Crippen molar-refractivity contribution >= 4 is 33.3 Å². The number of carbonyl (C=O) groups excluding carboxylic acids is 1. The molecule has 1 aromatic carbocycles. The molecule has 0 spiro atoms. The third kappa shape index (κ3) is 2.10. The van der Waals surface area contributed by atoms with Crippen LogP contribution in [0.15, 0.2) is 23.7 Å². The molecule has 3 rings (SSSR count). The number of benzene rings is 1. The zero-order valence-electron chi connectivity index (χ0n) is 10.5. The van der Waals surface area contributed by atoms with E-state index in [1.165, 1.54) is 11.3 Å². The van der Waals surface area contributed by atoms with Crippen molar-refractivity contribution < 1.29 is 4.79 Å². The number of thiazole rings is 1. The maximum Gasteiger partial charge on any atom is 0.256 e. The Labute approximate surface area is 113 Å². The van der Waals surface area contributed by atoms with E-state index in [0.29, 0.717) is 11.4 Å². The maximum absolute atomic E-state index is 12.2. The normalized spacial score (nSPS) is 10.8. The van der Waals surface area contributed by atoms with E-state index in [-0.39, 0.29) is 5.91 Å². The number of aromatic amines is 1. The van der Waals surface area contributed by atoms with Gasteiger partial charge < -0.3 is 5.32 Å². The molecule has 0 aliphatic heterocycles. The monoisotopic (exact) mass is 272 g/mol. The molecule has 0 radical (unpaired) electrons. The van der Waals surface area contributed by atoms with Crippen LogP contribution >= 0.6 is 11.3 Å². The van der Waals surface area contributed by atoms with Crippen LogP contribution in [-0.4, -0.2) is 21.1 Å². The van der Waals surface area contributed by atoms with Gasteiger partial charge in [-0.15, -0.1) is 11.3 Å². The van der Waals surface area contributed by atoms with Crippen LogP contribution in [0.4, 0.5) is 5.82 Å². The summed E-state index contributed by atoms with van der Waals surface area (Å²) in [5, 5.41) is 9.72. The lowest BCUT2D eigenvalue weighted by Gasteiger charge is -2.03. The molecule has 3 aromatic rings. The molecule has 5 nitrogen and oxygen atoms in total. The Balaban J connectivity index is 1.89. The van der Waals surface area contributed by atoms with Crippen LogP contribution in [0.3, 0.4) is 0 Å². The van der Waals surface area contributed by atoms with Crippen molar-refractivity contribution in [3.8, 4) is 0 Å². The van der Waals surface area contributed by atoms with Gasteiger partial charge in [0.1, 0.15) is 0 Å². The second kappa shape index (κ2) is 4.47. The van der Waals surface area contributed by atoms with Crippen molar-refractivity contribution in [2.45, 2.75) is 13.8 Å². The zero-order chi connectivity index (χ0) is 13.4. The summed E-state index contributed by atoms with van der Waals surface area (Å²) >= 11 is 1.52. The van der Waals surface area contributed by atoms with Gasteiger partial charge in [-0.25, -0.2) is 4.98 Å². The Morgan fingerprint density at radius 1 is 1.37 bits per heavy atom. The van der Waals surface area contributed by atoms with Crippen LogP contribution in [-0.2, 0) is 0 Å². The molecule has 0 fully saturated rings. The van der Waals surface area contributed by atoms with E-state index >= 15 is 0 Å².